The minimum Gasteiger partial charge on any atom is -0.345 e. The second-order valence-electron chi connectivity index (χ2n) is 6.29. The van der Waals surface area contributed by atoms with Gasteiger partial charge in [0.25, 0.3) is 0 Å². The van der Waals surface area contributed by atoms with Gasteiger partial charge in [0.1, 0.15) is 6.04 Å². The van der Waals surface area contributed by atoms with Gasteiger partial charge in [-0.3, -0.25) is 9.59 Å². The van der Waals surface area contributed by atoms with Crippen LogP contribution in [0.3, 0.4) is 0 Å². The van der Waals surface area contributed by atoms with E-state index in [0.717, 1.165) is 0 Å². The van der Waals surface area contributed by atoms with Crippen LogP contribution in [0.2, 0.25) is 0 Å². The number of nitrogens with zero attached hydrogens (tertiary/aromatic N) is 1. The smallest absolute Gasteiger partial charge is 0.243 e. The fourth-order valence-corrected chi connectivity index (χ4v) is 3.53. The lowest BCUT2D eigenvalue weighted by Gasteiger charge is -2.41. The highest BCUT2D eigenvalue weighted by molar-refractivity contribution is 7.10. The van der Waals surface area contributed by atoms with Gasteiger partial charge in [0.2, 0.25) is 11.8 Å². The van der Waals surface area contributed by atoms with Gasteiger partial charge in [-0.25, -0.2) is 0 Å². The fraction of sp³-hybridized carbons (Fsp3) is 0.600. The van der Waals surface area contributed by atoms with E-state index in [1.54, 1.807) is 16.2 Å². The lowest BCUT2D eigenvalue weighted by molar-refractivity contribution is -0.148. The molecule has 1 aliphatic heterocycles. The predicted octanol–water partition coefficient (Wildman–Crippen LogP) is 2.01. The van der Waals surface area contributed by atoms with Crippen LogP contribution in [0, 0.1) is 5.92 Å². The summed E-state index contributed by atoms with van der Waals surface area (Å²) in [5, 5.41) is 4.73. The number of carbonyl (C=O) groups is 2. The normalized spacial score (nSPS) is 20.4. The summed E-state index contributed by atoms with van der Waals surface area (Å²) >= 11 is 1.69. The zero-order valence-electron chi connectivity index (χ0n) is 12.5. The highest BCUT2D eigenvalue weighted by Crippen LogP contribution is 2.30. The molecule has 1 unspecified atom stereocenters. The first-order valence-corrected chi connectivity index (χ1v) is 7.82. The Bertz CT molecular complexity index is 494. The first kappa shape index (κ1) is 15.0. The third kappa shape index (κ3) is 2.87. The maximum Gasteiger partial charge on any atom is 0.243 e. The SMILES string of the molecule is CC(C)C1C(=O)NCC(=O)N1CC(C)(C)c1cccs1. The standard InChI is InChI=1S/C15H22N2O2S/c1-10(2)13-14(19)16-8-12(18)17(13)9-15(3,4)11-6-5-7-20-11/h5-7,10,13H,8-9H2,1-4H3,(H,16,19). The minimum absolute atomic E-state index is 0.00734. The molecule has 0 radical (unpaired) electrons. The van der Waals surface area contributed by atoms with E-state index in [-0.39, 0.29) is 35.7 Å². The van der Waals surface area contributed by atoms with E-state index in [4.69, 9.17) is 0 Å². The van der Waals surface area contributed by atoms with Crippen LogP contribution in [0.25, 0.3) is 0 Å². The Kier molecular flexibility index (Phi) is 4.18. The summed E-state index contributed by atoms with van der Waals surface area (Å²) in [7, 11) is 0. The van der Waals surface area contributed by atoms with Gasteiger partial charge in [-0.05, 0) is 17.4 Å². The number of hydrogen-bond donors (Lipinski definition) is 1. The Morgan fingerprint density at radius 3 is 2.70 bits per heavy atom. The van der Waals surface area contributed by atoms with Gasteiger partial charge in [0.05, 0.1) is 6.54 Å². The lowest BCUT2D eigenvalue weighted by atomic mass is 9.88. The summed E-state index contributed by atoms with van der Waals surface area (Å²) < 4.78 is 0. The molecular formula is C15H22N2O2S. The van der Waals surface area contributed by atoms with Crippen molar-refractivity contribution in [1.82, 2.24) is 10.2 Å². The lowest BCUT2D eigenvalue weighted by Crippen LogP contribution is -2.62. The second kappa shape index (κ2) is 5.56. The molecule has 1 aliphatic rings. The maximum atomic E-state index is 12.2. The molecule has 110 valence electrons. The zero-order valence-corrected chi connectivity index (χ0v) is 13.3. The number of hydrogen-bond acceptors (Lipinski definition) is 3. The Balaban J connectivity index is 2.24. The van der Waals surface area contributed by atoms with Gasteiger partial charge in [-0.2, -0.15) is 0 Å². The monoisotopic (exact) mass is 294 g/mol. The van der Waals surface area contributed by atoms with E-state index in [1.807, 2.05) is 25.3 Å². The van der Waals surface area contributed by atoms with Crippen molar-refractivity contribution in [1.29, 1.82) is 0 Å². The number of nitrogens with one attached hydrogen (secondary N) is 1. The van der Waals surface area contributed by atoms with Crippen LogP contribution in [-0.2, 0) is 15.0 Å². The molecular weight excluding hydrogens is 272 g/mol. The first-order chi connectivity index (χ1) is 9.33. The van der Waals surface area contributed by atoms with Gasteiger partial charge in [0, 0.05) is 16.8 Å². The van der Waals surface area contributed by atoms with Gasteiger partial charge in [-0.1, -0.05) is 33.8 Å². The highest BCUT2D eigenvalue weighted by atomic mass is 32.1. The summed E-state index contributed by atoms with van der Waals surface area (Å²) in [5.41, 5.74) is -0.144. The van der Waals surface area contributed by atoms with Gasteiger partial charge < -0.3 is 10.2 Å². The van der Waals surface area contributed by atoms with Crippen LogP contribution in [0.1, 0.15) is 32.6 Å². The van der Waals surface area contributed by atoms with Crippen molar-refractivity contribution in [2.45, 2.75) is 39.2 Å². The number of carbonyl (C=O) groups excluding carboxylic acids is 2. The quantitative estimate of drug-likeness (QED) is 0.923. The van der Waals surface area contributed by atoms with Crippen LogP contribution >= 0.6 is 11.3 Å². The Labute approximate surface area is 124 Å². The summed E-state index contributed by atoms with van der Waals surface area (Å²) in [6, 6.07) is 3.74. The molecule has 0 saturated carbocycles. The fourth-order valence-electron chi connectivity index (χ4n) is 2.68. The van der Waals surface area contributed by atoms with E-state index < -0.39 is 0 Å². The number of thiophene rings is 1. The third-order valence-corrected chi connectivity index (χ3v) is 4.96. The van der Waals surface area contributed by atoms with Crippen molar-refractivity contribution < 1.29 is 9.59 Å². The Morgan fingerprint density at radius 1 is 1.45 bits per heavy atom. The van der Waals surface area contributed by atoms with Gasteiger partial charge in [0.15, 0.2) is 0 Å². The topological polar surface area (TPSA) is 49.4 Å². The van der Waals surface area contributed by atoms with Crippen LogP contribution < -0.4 is 5.32 Å². The molecule has 2 rings (SSSR count). The molecule has 20 heavy (non-hydrogen) atoms. The molecule has 1 N–H and O–H groups in total. The predicted molar refractivity (Wildman–Crippen MR) is 80.7 cm³/mol. The van der Waals surface area contributed by atoms with Crippen LogP contribution in [0.4, 0.5) is 0 Å². The summed E-state index contributed by atoms with van der Waals surface area (Å²) in [5.74, 6) is 0.0768. The Hall–Kier alpha value is -1.36. The molecule has 0 aliphatic carbocycles. The molecule has 2 amide bonds. The molecule has 0 aromatic carbocycles. The van der Waals surface area contributed by atoms with Crippen molar-refractivity contribution in [2.75, 3.05) is 13.1 Å². The molecule has 0 spiro atoms. The van der Waals surface area contributed by atoms with Crippen molar-refractivity contribution in [2.24, 2.45) is 5.92 Å². The summed E-state index contributed by atoms with van der Waals surface area (Å²) in [6.07, 6.45) is 0. The van der Waals surface area contributed by atoms with Crippen molar-refractivity contribution in [3.8, 4) is 0 Å². The molecule has 1 aromatic rings. The molecule has 0 bridgehead atoms. The summed E-state index contributed by atoms with van der Waals surface area (Å²) in [4.78, 5) is 27.3. The summed E-state index contributed by atoms with van der Waals surface area (Å²) in [6.45, 7) is 8.89. The largest absolute Gasteiger partial charge is 0.345 e. The molecule has 1 saturated heterocycles. The van der Waals surface area contributed by atoms with Crippen molar-refractivity contribution in [3.05, 3.63) is 22.4 Å². The third-order valence-electron chi connectivity index (χ3n) is 3.72. The maximum absolute atomic E-state index is 12.2. The number of amides is 2. The Morgan fingerprint density at radius 2 is 2.15 bits per heavy atom. The van der Waals surface area contributed by atoms with E-state index in [9.17, 15) is 9.59 Å². The van der Waals surface area contributed by atoms with E-state index in [0.29, 0.717) is 6.54 Å². The molecule has 4 nitrogen and oxygen atoms in total. The minimum atomic E-state index is -0.365. The van der Waals surface area contributed by atoms with Crippen LogP contribution in [-0.4, -0.2) is 35.8 Å². The van der Waals surface area contributed by atoms with Gasteiger partial charge >= 0.3 is 0 Å². The molecule has 1 aromatic heterocycles. The average molecular weight is 294 g/mol. The second-order valence-corrected chi connectivity index (χ2v) is 7.24. The van der Waals surface area contributed by atoms with Crippen molar-refractivity contribution in [3.63, 3.8) is 0 Å². The van der Waals surface area contributed by atoms with E-state index in [2.05, 4.69) is 25.2 Å². The van der Waals surface area contributed by atoms with Crippen LogP contribution in [0.15, 0.2) is 17.5 Å². The molecule has 2 heterocycles. The highest BCUT2D eigenvalue weighted by Gasteiger charge is 2.39. The molecule has 1 fully saturated rings. The first-order valence-electron chi connectivity index (χ1n) is 6.94. The zero-order chi connectivity index (χ0) is 14.9. The van der Waals surface area contributed by atoms with Gasteiger partial charge in [-0.15, -0.1) is 11.3 Å². The van der Waals surface area contributed by atoms with Crippen molar-refractivity contribution >= 4 is 23.2 Å². The number of piperazine rings is 1. The van der Waals surface area contributed by atoms with E-state index >= 15 is 0 Å². The van der Waals surface area contributed by atoms with E-state index in [1.165, 1.54) is 4.88 Å². The molecule has 1 atom stereocenters. The average Bonchev–Trinajstić information content (AvgIpc) is 2.87. The van der Waals surface area contributed by atoms with Crippen LogP contribution in [0.5, 0.6) is 0 Å². The number of rotatable bonds is 4. The molecule has 5 heteroatoms.